The third kappa shape index (κ3) is 3.50. The molecule has 6 nitrogen and oxygen atoms in total. The van der Waals surface area contributed by atoms with Crippen molar-refractivity contribution in [3.63, 3.8) is 0 Å². The van der Waals surface area contributed by atoms with Crippen molar-refractivity contribution in [2.45, 2.75) is 13.5 Å². The molecule has 1 heterocycles. The monoisotopic (exact) mass is 352 g/mol. The topological polar surface area (TPSA) is 75.7 Å². The van der Waals surface area contributed by atoms with Crippen molar-refractivity contribution in [1.29, 1.82) is 0 Å². The number of rotatable bonds is 6. The summed E-state index contributed by atoms with van der Waals surface area (Å²) in [6.45, 7) is 2.90. The van der Waals surface area contributed by atoms with Crippen molar-refractivity contribution in [3.05, 3.63) is 64.7 Å². The number of ether oxygens (including phenoxy) is 1. The molecule has 0 fully saturated rings. The summed E-state index contributed by atoms with van der Waals surface area (Å²) in [6.07, 6.45) is 0. The number of nitrogens with one attached hydrogen (secondary N) is 1. The number of anilines is 1. The van der Waals surface area contributed by atoms with Crippen LogP contribution in [0.4, 0.5) is 5.69 Å². The van der Waals surface area contributed by atoms with Crippen molar-refractivity contribution in [1.82, 2.24) is 4.90 Å². The fraction of sp³-hybridized carbons (Fsp3) is 0.250. The summed E-state index contributed by atoms with van der Waals surface area (Å²) in [6, 6.07) is 11.9. The van der Waals surface area contributed by atoms with Crippen molar-refractivity contribution >= 4 is 23.3 Å². The third-order valence-corrected chi connectivity index (χ3v) is 4.37. The second-order valence-electron chi connectivity index (χ2n) is 6.15. The van der Waals surface area contributed by atoms with Crippen LogP contribution in [0.3, 0.4) is 0 Å². The smallest absolute Gasteiger partial charge is 0.256 e. The highest BCUT2D eigenvalue weighted by molar-refractivity contribution is 6.13. The fourth-order valence-electron chi connectivity index (χ4n) is 2.98. The molecule has 2 aromatic carbocycles. The molecule has 2 aromatic rings. The van der Waals surface area contributed by atoms with E-state index in [0.29, 0.717) is 42.1 Å². The lowest BCUT2D eigenvalue weighted by Gasteiger charge is -2.14. The Hall–Kier alpha value is -2.99. The van der Waals surface area contributed by atoms with Crippen LogP contribution in [0.2, 0.25) is 0 Å². The maximum atomic E-state index is 12.7. The van der Waals surface area contributed by atoms with Crippen molar-refractivity contribution in [2.24, 2.45) is 0 Å². The van der Waals surface area contributed by atoms with Gasteiger partial charge in [0.05, 0.1) is 17.7 Å². The van der Waals surface area contributed by atoms with E-state index in [1.54, 1.807) is 48.4 Å². The first-order valence-corrected chi connectivity index (χ1v) is 8.33. The van der Waals surface area contributed by atoms with Gasteiger partial charge in [0.15, 0.2) is 5.78 Å². The van der Waals surface area contributed by atoms with Crippen LogP contribution in [0.5, 0.6) is 0 Å². The Bertz CT molecular complexity index is 859. The summed E-state index contributed by atoms with van der Waals surface area (Å²) in [7, 11) is 1.59. The standard InChI is InChI=1S/C20H20N2O4/c1-13(23)14-6-8-16(9-7-14)21-19(24)17-5-3-4-15-12-22(10-11-26-2)20(25)18(15)17/h3-9H,10-12H2,1-2H3,(H,21,24). The second kappa shape index (κ2) is 7.49. The number of hydrogen-bond acceptors (Lipinski definition) is 4. The molecule has 0 radical (unpaired) electrons. The number of ketones is 1. The van der Waals surface area contributed by atoms with E-state index in [1.165, 1.54) is 6.92 Å². The molecule has 0 bridgehead atoms. The minimum Gasteiger partial charge on any atom is -0.383 e. The molecule has 0 aromatic heterocycles. The van der Waals surface area contributed by atoms with E-state index in [9.17, 15) is 14.4 Å². The van der Waals surface area contributed by atoms with Gasteiger partial charge in [0.2, 0.25) is 0 Å². The molecule has 134 valence electrons. The number of methoxy groups -OCH3 is 1. The molecule has 0 spiro atoms. The minimum absolute atomic E-state index is 0.0366. The van der Waals surface area contributed by atoms with Crippen LogP contribution in [-0.2, 0) is 11.3 Å². The van der Waals surface area contributed by atoms with Gasteiger partial charge in [-0.1, -0.05) is 12.1 Å². The van der Waals surface area contributed by atoms with Gasteiger partial charge in [-0.05, 0) is 42.8 Å². The van der Waals surface area contributed by atoms with Crippen molar-refractivity contribution in [3.8, 4) is 0 Å². The molecule has 3 rings (SSSR count). The Morgan fingerprint density at radius 3 is 2.54 bits per heavy atom. The average molecular weight is 352 g/mol. The zero-order chi connectivity index (χ0) is 18.7. The molecule has 0 unspecified atom stereocenters. The van der Waals surface area contributed by atoms with Crippen molar-refractivity contribution < 1.29 is 19.1 Å². The number of Topliss-reactive ketones (excluding diaryl/α,β-unsaturated/α-hetero) is 1. The molecule has 0 aliphatic carbocycles. The summed E-state index contributed by atoms with van der Waals surface area (Å²) in [5, 5.41) is 2.79. The maximum Gasteiger partial charge on any atom is 0.256 e. The van der Waals surface area contributed by atoms with Gasteiger partial charge in [0.1, 0.15) is 0 Å². The van der Waals surface area contributed by atoms with Crippen LogP contribution in [-0.4, -0.2) is 42.8 Å². The zero-order valence-corrected chi connectivity index (χ0v) is 14.7. The highest BCUT2D eigenvalue weighted by Crippen LogP contribution is 2.26. The van der Waals surface area contributed by atoms with Crippen molar-refractivity contribution in [2.75, 3.05) is 25.6 Å². The summed E-state index contributed by atoms with van der Waals surface area (Å²) in [5.74, 6) is -0.542. The summed E-state index contributed by atoms with van der Waals surface area (Å²) in [5.41, 5.74) is 2.78. The molecule has 2 amide bonds. The van der Waals surface area contributed by atoms with E-state index in [2.05, 4.69) is 5.32 Å². The number of hydrogen-bond donors (Lipinski definition) is 1. The number of fused-ring (bicyclic) bond motifs is 1. The summed E-state index contributed by atoms with van der Waals surface area (Å²) < 4.78 is 5.04. The highest BCUT2D eigenvalue weighted by atomic mass is 16.5. The largest absolute Gasteiger partial charge is 0.383 e. The quantitative estimate of drug-likeness (QED) is 0.811. The lowest BCUT2D eigenvalue weighted by molar-refractivity contribution is 0.0716. The van der Waals surface area contributed by atoms with Crippen LogP contribution in [0.15, 0.2) is 42.5 Å². The first-order chi connectivity index (χ1) is 12.5. The number of carbonyl (C=O) groups is 3. The lowest BCUT2D eigenvalue weighted by Crippen LogP contribution is -2.28. The molecule has 1 aliphatic heterocycles. The minimum atomic E-state index is -0.348. The summed E-state index contributed by atoms with van der Waals surface area (Å²) >= 11 is 0. The third-order valence-electron chi connectivity index (χ3n) is 4.37. The van der Waals surface area contributed by atoms with Gasteiger partial charge in [-0.25, -0.2) is 0 Å². The zero-order valence-electron chi connectivity index (χ0n) is 14.7. The molecule has 0 saturated carbocycles. The van der Waals surface area contributed by atoms with E-state index in [0.717, 1.165) is 5.56 Å². The summed E-state index contributed by atoms with van der Waals surface area (Å²) in [4.78, 5) is 38.3. The Balaban J connectivity index is 1.81. The first-order valence-electron chi connectivity index (χ1n) is 8.33. The molecule has 26 heavy (non-hydrogen) atoms. The molecule has 1 N–H and O–H groups in total. The van der Waals surface area contributed by atoms with Gasteiger partial charge in [-0.15, -0.1) is 0 Å². The van der Waals surface area contributed by atoms with Crippen LogP contribution in [0.1, 0.15) is 43.6 Å². The van der Waals surface area contributed by atoms with Gasteiger partial charge >= 0.3 is 0 Å². The fourth-order valence-corrected chi connectivity index (χ4v) is 2.98. The predicted molar refractivity (Wildman–Crippen MR) is 97.5 cm³/mol. The van der Waals surface area contributed by atoms with Gasteiger partial charge in [0.25, 0.3) is 11.8 Å². The number of nitrogens with zero attached hydrogens (tertiary/aromatic N) is 1. The lowest BCUT2D eigenvalue weighted by atomic mass is 10.0. The van der Waals surface area contributed by atoms with Crippen LogP contribution >= 0.6 is 0 Å². The highest BCUT2D eigenvalue weighted by Gasteiger charge is 2.31. The van der Waals surface area contributed by atoms with Gasteiger partial charge in [-0.2, -0.15) is 0 Å². The second-order valence-corrected chi connectivity index (χ2v) is 6.15. The van der Waals surface area contributed by atoms with E-state index in [-0.39, 0.29) is 17.6 Å². The maximum absolute atomic E-state index is 12.7. The van der Waals surface area contributed by atoms with Crippen LogP contribution in [0, 0.1) is 0 Å². The Labute approximate surface area is 151 Å². The van der Waals surface area contributed by atoms with Gasteiger partial charge in [0, 0.05) is 31.5 Å². The number of carbonyl (C=O) groups excluding carboxylic acids is 3. The predicted octanol–water partition coefficient (Wildman–Crippen LogP) is 2.74. The first kappa shape index (κ1) is 17.8. The molecule has 6 heteroatoms. The molecular weight excluding hydrogens is 332 g/mol. The normalized spacial score (nSPS) is 12.8. The van der Waals surface area contributed by atoms with Gasteiger partial charge in [-0.3, -0.25) is 14.4 Å². The van der Waals surface area contributed by atoms with E-state index >= 15 is 0 Å². The Kier molecular flexibility index (Phi) is 5.14. The molecule has 0 saturated heterocycles. The Morgan fingerprint density at radius 2 is 1.88 bits per heavy atom. The molecule has 1 aliphatic rings. The molecular formula is C20H20N2O4. The van der Waals surface area contributed by atoms with Crippen LogP contribution in [0.25, 0.3) is 0 Å². The number of amides is 2. The van der Waals surface area contributed by atoms with E-state index in [4.69, 9.17) is 4.74 Å². The molecule has 0 atom stereocenters. The average Bonchev–Trinajstić information content (AvgIpc) is 2.96. The SMILES string of the molecule is COCCN1Cc2cccc(C(=O)Nc3ccc(C(C)=O)cc3)c2C1=O. The van der Waals surface area contributed by atoms with E-state index < -0.39 is 0 Å². The number of benzene rings is 2. The van der Waals surface area contributed by atoms with E-state index in [1.807, 2.05) is 6.07 Å². The Morgan fingerprint density at radius 1 is 1.15 bits per heavy atom. The van der Waals surface area contributed by atoms with Gasteiger partial charge < -0.3 is 15.0 Å². The van der Waals surface area contributed by atoms with Crippen LogP contribution < -0.4 is 5.32 Å².